The Bertz CT molecular complexity index is 1460. The molecule has 2 aromatic carbocycles. The summed E-state index contributed by atoms with van der Waals surface area (Å²) in [5, 5.41) is 4.59. The van der Waals surface area contributed by atoms with Gasteiger partial charge in [-0.15, -0.1) is 0 Å². The summed E-state index contributed by atoms with van der Waals surface area (Å²) in [6, 6.07) is 15.3. The standard InChI is InChI=1S/C28H32N2S2/c1-8-28(6,7)30-17-23(20-13-12-18(2)16-22(20)25(30)31)21-11-9-10-19-14-15-29(27(3,4)5)26(32)24(19)21/h9-17H,8H2,1-7H3. The average molecular weight is 461 g/mol. The van der Waals surface area contributed by atoms with E-state index in [1.165, 1.54) is 16.5 Å². The zero-order chi connectivity index (χ0) is 23.4. The molecule has 166 valence electrons. The van der Waals surface area contributed by atoms with E-state index in [4.69, 9.17) is 24.4 Å². The molecule has 0 N–H and O–H groups in total. The molecular formula is C28H32N2S2. The number of fused-ring (bicyclic) bond motifs is 2. The summed E-state index contributed by atoms with van der Waals surface area (Å²) in [6.45, 7) is 15.4. The molecule has 0 aliphatic rings. The van der Waals surface area contributed by atoms with Crippen LogP contribution in [-0.4, -0.2) is 9.13 Å². The van der Waals surface area contributed by atoms with E-state index in [1.54, 1.807) is 0 Å². The number of nitrogens with zero attached hydrogens (tertiary/aromatic N) is 2. The van der Waals surface area contributed by atoms with Gasteiger partial charge in [0.25, 0.3) is 0 Å². The maximum absolute atomic E-state index is 6.06. The maximum Gasteiger partial charge on any atom is 0.114 e. The molecular weight excluding hydrogens is 428 g/mol. The summed E-state index contributed by atoms with van der Waals surface area (Å²) in [7, 11) is 0. The van der Waals surface area contributed by atoms with Gasteiger partial charge in [-0.05, 0) is 76.4 Å². The maximum atomic E-state index is 6.06. The molecule has 0 unspecified atom stereocenters. The van der Waals surface area contributed by atoms with Crippen molar-refractivity contribution in [1.82, 2.24) is 9.13 Å². The van der Waals surface area contributed by atoms with E-state index in [9.17, 15) is 0 Å². The SMILES string of the molecule is CCC(C)(C)n1cc(-c2cccc3ccn(C(C)(C)C)c(=S)c23)c2ccc(C)cc2c1=S. The second kappa shape index (κ2) is 7.93. The number of pyridine rings is 2. The molecule has 0 saturated heterocycles. The summed E-state index contributed by atoms with van der Waals surface area (Å²) in [5.41, 5.74) is 3.38. The van der Waals surface area contributed by atoms with Gasteiger partial charge in [-0.3, -0.25) is 0 Å². The summed E-state index contributed by atoms with van der Waals surface area (Å²) in [4.78, 5) is 0. The van der Waals surface area contributed by atoms with Crippen molar-refractivity contribution >= 4 is 46.0 Å². The van der Waals surface area contributed by atoms with E-state index in [2.05, 4.69) is 112 Å². The predicted octanol–water partition coefficient (Wildman–Crippen LogP) is 8.93. The first-order chi connectivity index (χ1) is 15.0. The molecule has 2 nitrogen and oxygen atoms in total. The fourth-order valence-electron chi connectivity index (χ4n) is 4.33. The highest BCUT2D eigenvalue weighted by atomic mass is 32.1. The predicted molar refractivity (Wildman–Crippen MR) is 144 cm³/mol. The summed E-state index contributed by atoms with van der Waals surface area (Å²) in [5.74, 6) is 0. The Balaban J connectivity index is 2.21. The van der Waals surface area contributed by atoms with Crippen LogP contribution in [-0.2, 0) is 11.1 Å². The normalized spacial score (nSPS) is 12.6. The highest BCUT2D eigenvalue weighted by Gasteiger charge is 2.22. The Labute approximate surface area is 201 Å². The third-order valence-corrected chi connectivity index (χ3v) is 7.45. The lowest BCUT2D eigenvalue weighted by atomic mass is 9.93. The van der Waals surface area contributed by atoms with Gasteiger partial charge in [-0.1, -0.05) is 67.3 Å². The molecule has 0 fully saturated rings. The minimum Gasteiger partial charge on any atom is -0.333 e. The van der Waals surface area contributed by atoms with Crippen molar-refractivity contribution in [3.8, 4) is 11.1 Å². The van der Waals surface area contributed by atoms with Gasteiger partial charge in [-0.2, -0.15) is 0 Å². The first-order valence-corrected chi connectivity index (χ1v) is 12.1. The molecule has 0 aliphatic carbocycles. The number of hydrogen-bond acceptors (Lipinski definition) is 2. The van der Waals surface area contributed by atoms with Gasteiger partial charge in [0.2, 0.25) is 0 Å². The van der Waals surface area contributed by atoms with Gasteiger partial charge in [0.1, 0.15) is 9.28 Å². The Morgan fingerprint density at radius 2 is 1.53 bits per heavy atom. The van der Waals surface area contributed by atoms with E-state index in [0.717, 1.165) is 37.4 Å². The smallest absolute Gasteiger partial charge is 0.114 e. The lowest BCUT2D eigenvalue weighted by Crippen LogP contribution is -2.26. The van der Waals surface area contributed by atoms with Crippen LogP contribution in [0.3, 0.4) is 0 Å². The number of aryl methyl sites for hydroxylation is 1. The zero-order valence-corrected chi connectivity index (χ0v) is 21.7. The van der Waals surface area contributed by atoms with Crippen LogP contribution in [0.15, 0.2) is 54.9 Å². The highest BCUT2D eigenvalue weighted by Crippen LogP contribution is 2.37. The average Bonchev–Trinajstić information content (AvgIpc) is 2.73. The van der Waals surface area contributed by atoms with Crippen molar-refractivity contribution in [2.45, 2.75) is 66.0 Å². The number of aromatic nitrogens is 2. The van der Waals surface area contributed by atoms with Crippen LogP contribution in [0.2, 0.25) is 0 Å². The Morgan fingerprint density at radius 3 is 2.19 bits per heavy atom. The van der Waals surface area contributed by atoms with E-state index in [-0.39, 0.29) is 11.1 Å². The molecule has 32 heavy (non-hydrogen) atoms. The third-order valence-electron chi connectivity index (χ3n) is 6.64. The van der Waals surface area contributed by atoms with Crippen molar-refractivity contribution in [3.63, 3.8) is 0 Å². The van der Waals surface area contributed by atoms with Crippen LogP contribution in [0.4, 0.5) is 0 Å². The molecule has 0 radical (unpaired) electrons. The first kappa shape index (κ1) is 22.9. The van der Waals surface area contributed by atoms with E-state index in [0.29, 0.717) is 0 Å². The van der Waals surface area contributed by atoms with E-state index >= 15 is 0 Å². The van der Waals surface area contributed by atoms with Crippen molar-refractivity contribution in [2.24, 2.45) is 0 Å². The van der Waals surface area contributed by atoms with Gasteiger partial charge < -0.3 is 9.13 Å². The molecule has 0 amide bonds. The molecule has 0 bridgehead atoms. The largest absolute Gasteiger partial charge is 0.333 e. The summed E-state index contributed by atoms with van der Waals surface area (Å²) >= 11 is 12.1. The van der Waals surface area contributed by atoms with Gasteiger partial charge in [0.05, 0.1) is 0 Å². The molecule has 0 spiro atoms. The topological polar surface area (TPSA) is 9.86 Å². The summed E-state index contributed by atoms with van der Waals surface area (Å²) < 4.78 is 6.24. The van der Waals surface area contributed by atoms with E-state index in [1.807, 2.05) is 0 Å². The van der Waals surface area contributed by atoms with Gasteiger partial charge >= 0.3 is 0 Å². The monoisotopic (exact) mass is 460 g/mol. The van der Waals surface area contributed by atoms with Crippen LogP contribution in [0.5, 0.6) is 0 Å². The third kappa shape index (κ3) is 3.74. The van der Waals surface area contributed by atoms with Gasteiger partial charge in [-0.25, -0.2) is 0 Å². The minimum absolute atomic E-state index is 0.0868. The number of rotatable bonds is 3. The van der Waals surface area contributed by atoms with Crippen LogP contribution < -0.4 is 0 Å². The quantitative estimate of drug-likeness (QED) is 0.282. The molecule has 4 rings (SSSR count). The zero-order valence-electron chi connectivity index (χ0n) is 20.1. The van der Waals surface area contributed by atoms with Gasteiger partial charge in [0.15, 0.2) is 0 Å². The van der Waals surface area contributed by atoms with Crippen LogP contribution in [0, 0.1) is 16.2 Å². The fraction of sp³-hybridized carbons (Fsp3) is 0.357. The van der Waals surface area contributed by atoms with Crippen molar-refractivity contribution in [3.05, 3.63) is 69.7 Å². The van der Waals surface area contributed by atoms with Crippen LogP contribution in [0.25, 0.3) is 32.7 Å². The molecule has 4 heteroatoms. The molecule has 4 aromatic rings. The van der Waals surface area contributed by atoms with Crippen molar-refractivity contribution in [1.29, 1.82) is 0 Å². The van der Waals surface area contributed by atoms with Crippen LogP contribution in [0.1, 0.15) is 53.5 Å². The number of benzene rings is 2. The Hall–Kier alpha value is -2.30. The van der Waals surface area contributed by atoms with Crippen molar-refractivity contribution in [2.75, 3.05) is 0 Å². The lowest BCUT2D eigenvalue weighted by Gasteiger charge is -2.29. The van der Waals surface area contributed by atoms with Crippen molar-refractivity contribution < 1.29 is 0 Å². The Kier molecular flexibility index (Phi) is 5.67. The fourth-order valence-corrected chi connectivity index (χ4v) is 5.37. The Morgan fingerprint density at radius 1 is 0.812 bits per heavy atom. The first-order valence-electron chi connectivity index (χ1n) is 11.3. The second-order valence-electron chi connectivity index (χ2n) is 10.4. The number of hydrogen-bond donors (Lipinski definition) is 0. The van der Waals surface area contributed by atoms with Crippen LogP contribution >= 0.6 is 24.4 Å². The molecule has 2 heterocycles. The second-order valence-corrected chi connectivity index (χ2v) is 11.1. The minimum atomic E-state index is -0.0911. The molecule has 0 atom stereocenters. The molecule has 0 saturated carbocycles. The van der Waals surface area contributed by atoms with Gasteiger partial charge in [0, 0.05) is 39.8 Å². The van der Waals surface area contributed by atoms with E-state index < -0.39 is 0 Å². The molecule has 0 aliphatic heterocycles. The summed E-state index contributed by atoms with van der Waals surface area (Å²) in [6.07, 6.45) is 5.36. The lowest BCUT2D eigenvalue weighted by molar-refractivity contribution is 0.339. The molecule has 2 aromatic heterocycles. The highest BCUT2D eigenvalue weighted by molar-refractivity contribution is 7.71.